The Morgan fingerprint density at radius 3 is 1.77 bits per heavy atom. The van der Waals surface area contributed by atoms with Gasteiger partial charge < -0.3 is 5.32 Å². The lowest BCUT2D eigenvalue weighted by molar-refractivity contribution is 0.590. The van der Waals surface area contributed by atoms with E-state index in [0.717, 1.165) is 0 Å². The highest BCUT2D eigenvalue weighted by Crippen LogP contribution is 2.23. The van der Waals surface area contributed by atoms with Crippen molar-refractivity contribution in [1.29, 1.82) is 0 Å². The van der Waals surface area contributed by atoms with Gasteiger partial charge in [0.25, 0.3) is 0 Å². The smallest absolute Gasteiger partial charge is 0.0337 e. The molecule has 0 aliphatic carbocycles. The first-order chi connectivity index (χ1) is 5.54. The number of rotatable bonds is 1. The van der Waals surface area contributed by atoms with Gasteiger partial charge in [-0.05, 0) is 23.1 Å². The van der Waals surface area contributed by atoms with Crippen molar-refractivity contribution in [3.8, 4) is 0 Å². The molecule has 0 unspecified atom stereocenters. The summed E-state index contributed by atoms with van der Waals surface area (Å²) in [5.41, 5.74) is 2.80. The van der Waals surface area contributed by atoms with E-state index in [4.69, 9.17) is 0 Å². The number of halogens is 1. The van der Waals surface area contributed by atoms with Gasteiger partial charge in [-0.15, -0.1) is 12.4 Å². The minimum Gasteiger partial charge on any atom is -0.388 e. The van der Waals surface area contributed by atoms with Crippen molar-refractivity contribution in [2.24, 2.45) is 0 Å². The van der Waals surface area contributed by atoms with E-state index in [-0.39, 0.29) is 17.8 Å². The zero-order valence-corrected chi connectivity index (χ0v) is 9.53. The average Bonchev–Trinajstić information content (AvgIpc) is 2.03. The van der Waals surface area contributed by atoms with E-state index in [2.05, 4.69) is 50.4 Å². The molecule has 0 heterocycles. The van der Waals surface area contributed by atoms with Gasteiger partial charge in [0, 0.05) is 12.7 Å². The van der Waals surface area contributed by atoms with Crippen LogP contribution >= 0.6 is 12.4 Å². The molecule has 0 radical (unpaired) electrons. The summed E-state index contributed by atoms with van der Waals surface area (Å²) < 4.78 is 0. The van der Waals surface area contributed by atoms with E-state index >= 15 is 0 Å². The van der Waals surface area contributed by atoms with Crippen LogP contribution in [0.5, 0.6) is 0 Å². The Morgan fingerprint density at radius 2 is 1.46 bits per heavy atom. The van der Waals surface area contributed by atoms with E-state index in [0.29, 0.717) is 0 Å². The van der Waals surface area contributed by atoms with Gasteiger partial charge in [0.2, 0.25) is 0 Å². The van der Waals surface area contributed by atoms with Gasteiger partial charge in [-0.3, -0.25) is 0 Å². The number of hydrogen-bond acceptors (Lipinski definition) is 1. The Kier molecular flexibility index (Phi) is 4.28. The summed E-state index contributed by atoms with van der Waals surface area (Å²) >= 11 is 0. The number of hydrogen-bond donors (Lipinski definition) is 1. The molecule has 74 valence electrons. The molecule has 0 aromatic heterocycles. The highest BCUT2D eigenvalue weighted by atomic mass is 35.5. The van der Waals surface area contributed by atoms with Gasteiger partial charge in [-0.1, -0.05) is 32.9 Å². The van der Waals surface area contributed by atoms with Crippen LogP contribution in [0.4, 0.5) is 5.69 Å². The molecule has 1 rings (SSSR count). The Morgan fingerprint density at radius 1 is 1.00 bits per heavy atom. The monoisotopic (exact) mass is 199 g/mol. The topological polar surface area (TPSA) is 12.0 Å². The fraction of sp³-hybridized carbons (Fsp3) is 0.455. The molecule has 0 fully saturated rings. The minimum absolute atomic E-state index is 0. The fourth-order valence-corrected chi connectivity index (χ4v) is 1.14. The maximum Gasteiger partial charge on any atom is 0.0337 e. The maximum atomic E-state index is 3.11. The molecule has 0 bridgehead atoms. The molecule has 13 heavy (non-hydrogen) atoms. The standard InChI is InChI=1S/C11H17N.ClH/c1-11(2,3)9-5-7-10(12-4)8-6-9;/h5-8,12H,1-4H3;1H. The molecule has 0 spiro atoms. The highest BCUT2D eigenvalue weighted by Gasteiger charge is 2.12. The summed E-state index contributed by atoms with van der Waals surface area (Å²) in [5.74, 6) is 0. The number of anilines is 1. The third-order valence-corrected chi connectivity index (χ3v) is 2.04. The van der Waals surface area contributed by atoms with Crippen LogP contribution in [-0.2, 0) is 5.41 Å². The highest BCUT2D eigenvalue weighted by molar-refractivity contribution is 5.85. The normalized spacial score (nSPS) is 10.5. The molecule has 1 aromatic rings. The fourth-order valence-electron chi connectivity index (χ4n) is 1.14. The lowest BCUT2D eigenvalue weighted by atomic mass is 9.87. The molecule has 1 aromatic carbocycles. The SMILES string of the molecule is CNc1ccc(C(C)(C)C)cc1.Cl. The lowest BCUT2D eigenvalue weighted by Crippen LogP contribution is -2.10. The third kappa shape index (κ3) is 3.27. The summed E-state index contributed by atoms with van der Waals surface area (Å²) in [4.78, 5) is 0. The first-order valence-electron chi connectivity index (χ1n) is 4.32. The second-order valence-corrected chi connectivity index (χ2v) is 4.08. The van der Waals surface area contributed by atoms with Crippen LogP contribution in [0.2, 0.25) is 0 Å². The van der Waals surface area contributed by atoms with Gasteiger partial charge >= 0.3 is 0 Å². The predicted molar refractivity (Wildman–Crippen MR) is 61.9 cm³/mol. The second-order valence-electron chi connectivity index (χ2n) is 4.08. The minimum atomic E-state index is 0. The molecule has 0 amide bonds. The van der Waals surface area contributed by atoms with Crippen LogP contribution in [0.3, 0.4) is 0 Å². The van der Waals surface area contributed by atoms with Crippen molar-refractivity contribution in [1.82, 2.24) is 0 Å². The predicted octanol–water partition coefficient (Wildman–Crippen LogP) is 3.45. The summed E-state index contributed by atoms with van der Waals surface area (Å²) in [6.07, 6.45) is 0. The van der Waals surface area contributed by atoms with Gasteiger partial charge in [0.15, 0.2) is 0 Å². The zero-order chi connectivity index (χ0) is 9.19. The van der Waals surface area contributed by atoms with E-state index in [1.54, 1.807) is 0 Å². The number of nitrogens with one attached hydrogen (secondary N) is 1. The van der Waals surface area contributed by atoms with Crippen molar-refractivity contribution < 1.29 is 0 Å². The molecule has 0 saturated heterocycles. The molecule has 1 nitrogen and oxygen atoms in total. The largest absolute Gasteiger partial charge is 0.388 e. The van der Waals surface area contributed by atoms with Gasteiger partial charge in [-0.2, -0.15) is 0 Å². The summed E-state index contributed by atoms with van der Waals surface area (Å²) in [7, 11) is 1.94. The Hall–Kier alpha value is -0.690. The molecule has 0 aliphatic rings. The van der Waals surface area contributed by atoms with Gasteiger partial charge in [-0.25, -0.2) is 0 Å². The van der Waals surface area contributed by atoms with Crippen LogP contribution in [0.1, 0.15) is 26.3 Å². The Labute approximate surface area is 87.0 Å². The zero-order valence-electron chi connectivity index (χ0n) is 8.72. The molecule has 1 N–H and O–H groups in total. The second kappa shape index (κ2) is 4.52. The summed E-state index contributed by atoms with van der Waals surface area (Å²) in [6, 6.07) is 8.57. The van der Waals surface area contributed by atoms with Crippen molar-refractivity contribution in [2.75, 3.05) is 12.4 Å². The molecule has 2 heteroatoms. The lowest BCUT2D eigenvalue weighted by Gasteiger charge is -2.18. The van der Waals surface area contributed by atoms with Crippen molar-refractivity contribution in [2.45, 2.75) is 26.2 Å². The van der Waals surface area contributed by atoms with Gasteiger partial charge in [0.1, 0.15) is 0 Å². The van der Waals surface area contributed by atoms with Crippen LogP contribution in [0.15, 0.2) is 24.3 Å². The Balaban J connectivity index is 0.00000144. The van der Waals surface area contributed by atoms with Crippen molar-refractivity contribution in [3.63, 3.8) is 0 Å². The quantitative estimate of drug-likeness (QED) is 0.731. The van der Waals surface area contributed by atoms with Crippen LogP contribution < -0.4 is 5.32 Å². The van der Waals surface area contributed by atoms with Gasteiger partial charge in [0.05, 0.1) is 0 Å². The number of benzene rings is 1. The molecular formula is C11H18ClN. The summed E-state index contributed by atoms with van der Waals surface area (Å²) in [6.45, 7) is 6.67. The Bertz CT molecular complexity index is 246. The van der Waals surface area contributed by atoms with E-state index in [1.165, 1.54) is 11.3 Å². The summed E-state index contributed by atoms with van der Waals surface area (Å²) in [5, 5.41) is 3.11. The van der Waals surface area contributed by atoms with Crippen LogP contribution in [-0.4, -0.2) is 7.05 Å². The van der Waals surface area contributed by atoms with Crippen molar-refractivity contribution in [3.05, 3.63) is 29.8 Å². The van der Waals surface area contributed by atoms with Crippen LogP contribution in [0, 0.1) is 0 Å². The molecule has 0 saturated carbocycles. The van der Waals surface area contributed by atoms with E-state index in [1.807, 2.05) is 7.05 Å². The molecular weight excluding hydrogens is 182 g/mol. The van der Waals surface area contributed by atoms with Crippen LogP contribution in [0.25, 0.3) is 0 Å². The van der Waals surface area contributed by atoms with E-state index in [9.17, 15) is 0 Å². The average molecular weight is 200 g/mol. The molecule has 0 aliphatic heterocycles. The first kappa shape index (κ1) is 12.3. The molecule has 0 atom stereocenters. The van der Waals surface area contributed by atoms with Crippen molar-refractivity contribution >= 4 is 18.1 Å². The van der Waals surface area contributed by atoms with E-state index < -0.39 is 0 Å². The first-order valence-corrected chi connectivity index (χ1v) is 4.32. The maximum absolute atomic E-state index is 3.11. The third-order valence-electron chi connectivity index (χ3n) is 2.04.